The lowest BCUT2D eigenvalue weighted by Gasteiger charge is -2.31. The summed E-state index contributed by atoms with van der Waals surface area (Å²) in [4.78, 5) is 31.2. The first-order valence-corrected chi connectivity index (χ1v) is 7.85. The fraction of sp³-hybridized carbons (Fsp3) is 0.500. The number of ether oxygens (including phenoxy) is 1. The third-order valence-electron chi connectivity index (χ3n) is 3.61. The van der Waals surface area contributed by atoms with Crippen molar-refractivity contribution < 1.29 is 9.53 Å². The van der Waals surface area contributed by atoms with Gasteiger partial charge in [-0.05, 0) is 18.4 Å². The van der Waals surface area contributed by atoms with Crippen LogP contribution in [0.5, 0.6) is 0 Å². The van der Waals surface area contributed by atoms with E-state index >= 15 is 0 Å². The van der Waals surface area contributed by atoms with Crippen LogP contribution < -0.4 is 5.56 Å². The molecule has 112 valence electrons. The highest BCUT2D eigenvalue weighted by atomic mass is 32.1. The van der Waals surface area contributed by atoms with Crippen LogP contribution in [0.1, 0.15) is 13.3 Å². The molecule has 0 radical (unpaired) electrons. The fourth-order valence-corrected chi connectivity index (χ4v) is 3.20. The summed E-state index contributed by atoms with van der Waals surface area (Å²) < 4.78 is 6.93. The number of rotatable bonds is 3. The predicted molar refractivity (Wildman–Crippen MR) is 80.5 cm³/mol. The Bertz CT molecular complexity index is 709. The first kappa shape index (κ1) is 14.2. The Morgan fingerprint density at radius 1 is 1.57 bits per heavy atom. The first-order chi connectivity index (χ1) is 10.1. The summed E-state index contributed by atoms with van der Waals surface area (Å²) in [7, 11) is 0. The van der Waals surface area contributed by atoms with Gasteiger partial charge in [0.1, 0.15) is 4.83 Å². The second kappa shape index (κ2) is 5.95. The van der Waals surface area contributed by atoms with Gasteiger partial charge in [-0.1, -0.05) is 0 Å². The van der Waals surface area contributed by atoms with Gasteiger partial charge in [0.2, 0.25) is 5.91 Å². The van der Waals surface area contributed by atoms with Crippen LogP contribution in [0.15, 0.2) is 22.6 Å². The second-order valence-electron chi connectivity index (χ2n) is 5.15. The molecule has 7 heteroatoms. The molecule has 6 nitrogen and oxygen atoms in total. The minimum atomic E-state index is -0.0793. The lowest BCUT2D eigenvalue weighted by atomic mass is 10.2. The summed E-state index contributed by atoms with van der Waals surface area (Å²) in [5.74, 6) is 0.0578. The Kier molecular flexibility index (Phi) is 4.03. The van der Waals surface area contributed by atoms with Crippen LogP contribution in [0.3, 0.4) is 0 Å². The standard InChI is InChI=1S/C14H17N3O3S/c1-10-8-16(5-6-20-10)12(18)2-4-17-9-15-13-11(14(17)19)3-7-21-13/h3,7,9-10H,2,4-6,8H2,1H3/t10-/m1/s1. The largest absolute Gasteiger partial charge is 0.375 e. The minimum Gasteiger partial charge on any atom is -0.375 e. The number of thiophene rings is 1. The van der Waals surface area contributed by atoms with Crippen molar-refractivity contribution in [3.8, 4) is 0 Å². The lowest BCUT2D eigenvalue weighted by molar-refractivity contribution is -0.138. The molecule has 0 spiro atoms. The Hall–Kier alpha value is -1.73. The van der Waals surface area contributed by atoms with Gasteiger partial charge in [0.15, 0.2) is 0 Å². The number of carbonyl (C=O) groups excluding carboxylic acids is 1. The van der Waals surface area contributed by atoms with Gasteiger partial charge >= 0.3 is 0 Å². The van der Waals surface area contributed by atoms with E-state index in [0.29, 0.717) is 38.0 Å². The van der Waals surface area contributed by atoms with E-state index in [0.717, 1.165) is 4.83 Å². The number of nitrogens with zero attached hydrogens (tertiary/aromatic N) is 3. The molecule has 1 amide bonds. The van der Waals surface area contributed by atoms with Gasteiger partial charge in [-0.2, -0.15) is 0 Å². The highest BCUT2D eigenvalue weighted by Gasteiger charge is 2.21. The van der Waals surface area contributed by atoms with E-state index in [1.165, 1.54) is 22.2 Å². The quantitative estimate of drug-likeness (QED) is 0.851. The van der Waals surface area contributed by atoms with Gasteiger partial charge in [0, 0.05) is 26.1 Å². The summed E-state index contributed by atoms with van der Waals surface area (Å²) >= 11 is 1.44. The first-order valence-electron chi connectivity index (χ1n) is 6.97. The number of fused-ring (bicyclic) bond motifs is 1. The normalized spacial score (nSPS) is 19.1. The lowest BCUT2D eigenvalue weighted by Crippen LogP contribution is -2.44. The maximum absolute atomic E-state index is 12.2. The smallest absolute Gasteiger partial charge is 0.262 e. The molecule has 2 aromatic heterocycles. The molecular weight excluding hydrogens is 290 g/mol. The van der Waals surface area contributed by atoms with Crippen LogP contribution in [-0.4, -0.2) is 46.2 Å². The topological polar surface area (TPSA) is 64.4 Å². The number of aromatic nitrogens is 2. The summed E-state index contributed by atoms with van der Waals surface area (Å²) in [6.45, 7) is 4.14. The molecule has 0 saturated carbocycles. The van der Waals surface area contributed by atoms with Gasteiger partial charge < -0.3 is 9.64 Å². The molecule has 0 bridgehead atoms. The fourth-order valence-electron chi connectivity index (χ4n) is 2.47. The summed E-state index contributed by atoms with van der Waals surface area (Å²) in [5, 5.41) is 2.47. The molecule has 3 heterocycles. The second-order valence-corrected chi connectivity index (χ2v) is 6.05. The van der Waals surface area contributed by atoms with Gasteiger partial charge in [0.05, 0.1) is 24.4 Å². The molecule has 1 saturated heterocycles. The highest BCUT2D eigenvalue weighted by molar-refractivity contribution is 7.16. The zero-order valence-electron chi connectivity index (χ0n) is 11.8. The summed E-state index contributed by atoms with van der Waals surface area (Å²) in [6.07, 6.45) is 1.91. The third kappa shape index (κ3) is 2.98. The van der Waals surface area contributed by atoms with Crippen molar-refractivity contribution in [3.05, 3.63) is 28.1 Å². The van der Waals surface area contributed by atoms with Gasteiger partial charge in [-0.15, -0.1) is 11.3 Å². The van der Waals surface area contributed by atoms with Gasteiger partial charge in [0.25, 0.3) is 5.56 Å². The van der Waals surface area contributed by atoms with Crippen LogP contribution in [0.4, 0.5) is 0 Å². The molecule has 0 unspecified atom stereocenters. The number of aryl methyl sites for hydroxylation is 1. The van der Waals surface area contributed by atoms with Crippen molar-refractivity contribution in [2.24, 2.45) is 0 Å². The van der Waals surface area contributed by atoms with Crippen LogP contribution in [-0.2, 0) is 16.1 Å². The Morgan fingerprint density at radius 3 is 3.24 bits per heavy atom. The number of hydrogen-bond acceptors (Lipinski definition) is 5. The molecule has 1 fully saturated rings. The molecule has 1 aliphatic heterocycles. The Balaban J connectivity index is 1.67. The van der Waals surface area contributed by atoms with E-state index in [1.54, 1.807) is 11.0 Å². The monoisotopic (exact) mass is 307 g/mol. The van der Waals surface area contributed by atoms with Crippen molar-refractivity contribution >= 4 is 27.5 Å². The van der Waals surface area contributed by atoms with Crippen LogP contribution in [0.2, 0.25) is 0 Å². The Morgan fingerprint density at radius 2 is 2.43 bits per heavy atom. The third-order valence-corrected chi connectivity index (χ3v) is 4.43. The van der Waals surface area contributed by atoms with Gasteiger partial charge in [-0.25, -0.2) is 4.98 Å². The van der Waals surface area contributed by atoms with Crippen LogP contribution in [0.25, 0.3) is 10.2 Å². The van der Waals surface area contributed by atoms with Crippen LogP contribution >= 0.6 is 11.3 Å². The molecule has 3 rings (SSSR count). The zero-order chi connectivity index (χ0) is 14.8. The molecule has 0 aromatic carbocycles. The van der Waals surface area contributed by atoms with Crippen molar-refractivity contribution in [2.45, 2.75) is 26.0 Å². The number of hydrogen-bond donors (Lipinski definition) is 0. The molecule has 0 N–H and O–H groups in total. The zero-order valence-corrected chi connectivity index (χ0v) is 12.6. The Labute approximate surface area is 126 Å². The number of morpholine rings is 1. The average molecular weight is 307 g/mol. The van der Waals surface area contributed by atoms with Crippen molar-refractivity contribution in [3.63, 3.8) is 0 Å². The molecule has 21 heavy (non-hydrogen) atoms. The summed E-state index contributed by atoms with van der Waals surface area (Å²) in [6, 6.07) is 1.78. The molecule has 0 aliphatic carbocycles. The van der Waals surface area contributed by atoms with E-state index < -0.39 is 0 Å². The van der Waals surface area contributed by atoms with Crippen LogP contribution in [0, 0.1) is 0 Å². The molecule has 2 aromatic rings. The summed E-state index contributed by atoms with van der Waals surface area (Å²) in [5.41, 5.74) is -0.0793. The maximum atomic E-state index is 12.2. The van der Waals surface area contributed by atoms with Crippen molar-refractivity contribution in [1.82, 2.24) is 14.5 Å². The molecule has 1 aliphatic rings. The SMILES string of the molecule is C[C@@H]1CN(C(=O)CCn2cnc3sccc3c2=O)CCO1. The minimum absolute atomic E-state index is 0.0578. The van der Waals surface area contributed by atoms with E-state index in [9.17, 15) is 9.59 Å². The van der Waals surface area contributed by atoms with Crippen molar-refractivity contribution in [1.29, 1.82) is 0 Å². The average Bonchev–Trinajstić information content (AvgIpc) is 2.95. The van der Waals surface area contributed by atoms with Gasteiger partial charge in [-0.3, -0.25) is 14.2 Å². The molecule has 1 atom stereocenters. The highest BCUT2D eigenvalue weighted by Crippen LogP contribution is 2.13. The predicted octanol–water partition coefficient (Wildman–Crippen LogP) is 1.10. The van der Waals surface area contributed by atoms with E-state index in [1.807, 2.05) is 12.3 Å². The van der Waals surface area contributed by atoms with E-state index in [-0.39, 0.29) is 17.6 Å². The number of amides is 1. The van der Waals surface area contributed by atoms with Crippen molar-refractivity contribution in [2.75, 3.05) is 19.7 Å². The number of carbonyl (C=O) groups is 1. The molecular formula is C14H17N3O3S. The van der Waals surface area contributed by atoms with E-state index in [4.69, 9.17) is 4.74 Å². The van der Waals surface area contributed by atoms with E-state index in [2.05, 4.69) is 4.98 Å². The maximum Gasteiger partial charge on any atom is 0.262 e.